The van der Waals surface area contributed by atoms with Crippen molar-refractivity contribution in [2.45, 2.75) is 56.3 Å². The van der Waals surface area contributed by atoms with Gasteiger partial charge in [0, 0.05) is 41.8 Å². The molecule has 0 aliphatic carbocycles. The highest BCUT2D eigenvalue weighted by Gasteiger charge is 2.31. The lowest BCUT2D eigenvalue weighted by molar-refractivity contribution is -0.142. The van der Waals surface area contributed by atoms with Gasteiger partial charge in [-0.15, -0.1) is 0 Å². The Kier molecular flexibility index (Phi) is 11.9. The number of aromatic amines is 2. The van der Waals surface area contributed by atoms with E-state index in [0.29, 0.717) is 11.4 Å². The molecule has 4 amide bonds. The van der Waals surface area contributed by atoms with Gasteiger partial charge in [-0.25, -0.2) is 9.78 Å². The average Bonchev–Trinajstić information content (AvgIpc) is 3.62. The molecule has 1 aromatic carbocycles. The maximum Gasteiger partial charge on any atom is 0.326 e. The van der Waals surface area contributed by atoms with Crippen molar-refractivity contribution in [2.24, 2.45) is 11.5 Å². The van der Waals surface area contributed by atoms with Crippen LogP contribution in [-0.2, 0) is 36.8 Å². The lowest BCUT2D eigenvalue weighted by atomic mass is 10.0. The van der Waals surface area contributed by atoms with E-state index in [1.54, 1.807) is 6.20 Å². The van der Waals surface area contributed by atoms with Crippen LogP contribution in [0.3, 0.4) is 0 Å². The van der Waals surface area contributed by atoms with Crippen molar-refractivity contribution in [2.75, 3.05) is 12.0 Å². The van der Waals surface area contributed by atoms with Gasteiger partial charge in [-0.3, -0.25) is 19.2 Å². The van der Waals surface area contributed by atoms with Gasteiger partial charge in [0.1, 0.15) is 18.1 Å². The normalized spacial score (nSPS) is 14.0. The minimum atomic E-state index is -1.28. The molecule has 0 aliphatic heterocycles. The topological polar surface area (TPSA) is 238 Å². The van der Waals surface area contributed by atoms with Crippen LogP contribution in [0, 0.1) is 0 Å². The van der Waals surface area contributed by atoms with Crippen molar-refractivity contribution in [3.05, 3.63) is 54.2 Å². The van der Waals surface area contributed by atoms with E-state index in [-0.39, 0.29) is 32.1 Å². The molecule has 3 rings (SSSR count). The number of nitrogens with one attached hydrogen (secondary N) is 5. The summed E-state index contributed by atoms with van der Waals surface area (Å²) in [6, 6.07) is 2.93. The molecule has 15 heteroatoms. The van der Waals surface area contributed by atoms with Crippen LogP contribution in [0.2, 0.25) is 0 Å². The number of para-hydroxylation sites is 1. The maximum absolute atomic E-state index is 13.3. The van der Waals surface area contributed by atoms with Gasteiger partial charge < -0.3 is 42.5 Å². The highest BCUT2D eigenvalue weighted by atomic mass is 32.2. The molecule has 2 aromatic heterocycles. The summed E-state index contributed by atoms with van der Waals surface area (Å²) in [4.78, 5) is 72.5. The zero-order chi connectivity index (χ0) is 30.6. The van der Waals surface area contributed by atoms with Crippen LogP contribution >= 0.6 is 11.8 Å². The first-order valence-electron chi connectivity index (χ1n) is 13.3. The van der Waals surface area contributed by atoms with E-state index in [0.717, 1.165) is 16.5 Å². The third kappa shape index (κ3) is 9.34. The second-order valence-corrected chi connectivity index (χ2v) is 10.7. The predicted molar refractivity (Wildman–Crippen MR) is 157 cm³/mol. The number of hydrogen-bond acceptors (Lipinski definition) is 8. The largest absolute Gasteiger partial charge is 0.480 e. The van der Waals surface area contributed by atoms with Crippen LogP contribution in [0.5, 0.6) is 0 Å². The molecule has 226 valence electrons. The molecule has 4 atom stereocenters. The van der Waals surface area contributed by atoms with E-state index < -0.39 is 53.8 Å². The number of aliphatic carboxylic acids is 1. The van der Waals surface area contributed by atoms with Crippen molar-refractivity contribution in [3.8, 4) is 0 Å². The van der Waals surface area contributed by atoms with Crippen LogP contribution < -0.4 is 27.4 Å². The molecule has 0 aliphatic rings. The fourth-order valence-corrected chi connectivity index (χ4v) is 4.80. The molecular formula is C27H36N8O6S. The molecule has 2 heterocycles. The van der Waals surface area contributed by atoms with Crippen molar-refractivity contribution >= 4 is 52.3 Å². The number of carbonyl (C=O) groups is 5. The summed E-state index contributed by atoms with van der Waals surface area (Å²) in [5.41, 5.74) is 13.7. The molecule has 0 fully saturated rings. The smallest absolute Gasteiger partial charge is 0.326 e. The molecule has 0 radical (unpaired) electrons. The summed E-state index contributed by atoms with van der Waals surface area (Å²) < 4.78 is 0. The summed E-state index contributed by atoms with van der Waals surface area (Å²) in [6.07, 6.45) is 6.42. The van der Waals surface area contributed by atoms with E-state index >= 15 is 0 Å². The van der Waals surface area contributed by atoms with Crippen molar-refractivity contribution < 1.29 is 29.1 Å². The van der Waals surface area contributed by atoms with Crippen LogP contribution in [0.25, 0.3) is 10.9 Å². The Labute approximate surface area is 246 Å². The number of carboxylic acids is 1. The number of carbonyl (C=O) groups excluding carboxylic acids is 4. The SMILES string of the molecule is CSCCC(NC(=O)C(CCC(N)=O)NC(=O)C(N)Cc1c[nH]c2ccccc12)C(=O)NC(Cc1cnc[nH]1)C(=O)O. The monoisotopic (exact) mass is 600 g/mol. The third-order valence-corrected chi connectivity index (χ3v) is 7.24. The first kappa shape index (κ1) is 32.1. The van der Waals surface area contributed by atoms with Crippen molar-refractivity contribution in [3.63, 3.8) is 0 Å². The first-order chi connectivity index (χ1) is 20.1. The molecule has 42 heavy (non-hydrogen) atoms. The Balaban J connectivity index is 1.69. The Bertz CT molecular complexity index is 1380. The summed E-state index contributed by atoms with van der Waals surface area (Å²) in [5.74, 6) is -3.52. The standard InChI is InChI=1S/C27H36N8O6S/c1-42-9-8-21(26(39)35-22(27(40)41)11-16-13-30-14-32-16)34-25(38)20(6-7-23(29)36)33-24(37)18(28)10-15-12-31-19-5-3-2-4-17(15)19/h2-5,12-14,18,20-22,31H,6-11,28H2,1H3,(H2,29,36)(H,30,32)(H,33,37)(H,34,38)(H,35,39)(H,40,41). The number of rotatable bonds is 17. The van der Waals surface area contributed by atoms with Gasteiger partial charge >= 0.3 is 5.97 Å². The van der Waals surface area contributed by atoms with Gasteiger partial charge in [0.05, 0.1) is 12.4 Å². The molecule has 4 unspecified atom stereocenters. The summed E-state index contributed by atoms with van der Waals surface area (Å²) in [6.45, 7) is 0. The van der Waals surface area contributed by atoms with Crippen LogP contribution in [-0.4, -0.2) is 85.8 Å². The number of aromatic nitrogens is 3. The number of hydrogen-bond donors (Lipinski definition) is 8. The first-order valence-corrected chi connectivity index (χ1v) is 14.7. The second-order valence-electron chi connectivity index (χ2n) is 9.76. The Hall–Kier alpha value is -4.37. The lowest BCUT2D eigenvalue weighted by Crippen LogP contribution is -2.57. The number of carboxylic acid groups (broad SMARTS) is 1. The molecule has 0 spiro atoms. The number of imidazole rings is 1. The molecule has 10 N–H and O–H groups in total. The minimum Gasteiger partial charge on any atom is -0.480 e. The number of thioether (sulfide) groups is 1. The molecule has 14 nitrogen and oxygen atoms in total. The number of benzene rings is 1. The number of nitrogens with two attached hydrogens (primary N) is 2. The van der Waals surface area contributed by atoms with Gasteiger partial charge in [0.25, 0.3) is 0 Å². The van der Waals surface area contributed by atoms with E-state index in [1.807, 2.05) is 30.5 Å². The van der Waals surface area contributed by atoms with E-state index in [1.165, 1.54) is 24.3 Å². The highest BCUT2D eigenvalue weighted by molar-refractivity contribution is 7.98. The zero-order valence-electron chi connectivity index (χ0n) is 23.1. The molecule has 0 saturated carbocycles. The molecular weight excluding hydrogens is 564 g/mol. The Morgan fingerprint density at radius 1 is 0.952 bits per heavy atom. The maximum atomic E-state index is 13.3. The third-order valence-electron chi connectivity index (χ3n) is 6.60. The predicted octanol–water partition coefficient (Wildman–Crippen LogP) is -0.439. The molecule has 3 aromatic rings. The number of amides is 4. The second kappa shape index (κ2) is 15.6. The van der Waals surface area contributed by atoms with E-state index in [9.17, 15) is 29.1 Å². The number of primary amides is 1. The van der Waals surface area contributed by atoms with E-state index in [4.69, 9.17) is 11.5 Å². The van der Waals surface area contributed by atoms with Crippen LogP contribution in [0.1, 0.15) is 30.5 Å². The fourth-order valence-electron chi connectivity index (χ4n) is 4.33. The summed E-state index contributed by atoms with van der Waals surface area (Å²) in [5, 5.41) is 18.2. The highest BCUT2D eigenvalue weighted by Crippen LogP contribution is 2.19. The van der Waals surface area contributed by atoms with Gasteiger partial charge in [0.15, 0.2) is 0 Å². The van der Waals surface area contributed by atoms with Gasteiger partial charge in [-0.05, 0) is 42.9 Å². The summed E-state index contributed by atoms with van der Waals surface area (Å²) in [7, 11) is 0. The van der Waals surface area contributed by atoms with Gasteiger partial charge in [-0.1, -0.05) is 18.2 Å². The minimum absolute atomic E-state index is 0.0458. The molecule has 0 saturated heterocycles. The zero-order valence-corrected chi connectivity index (χ0v) is 23.9. The fraction of sp³-hybridized carbons (Fsp3) is 0.407. The number of H-pyrrole nitrogens is 2. The Morgan fingerprint density at radius 2 is 1.62 bits per heavy atom. The molecule has 0 bridgehead atoms. The van der Waals surface area contributed by atoms with Crippen molar-refractivity contribution in [1.29, 1.82) is 0 Å². The Morgan fingerprint density at radius 3 is 2.26 bits per heavy atom. The number of fused-ring (bicyclic) bond motifs is 1. The van der Waals surface area contributed by atoms with Crippen LogP contribution in [0.4, 0.5) is 0 Å². The average molecular weight is 601 g/mol. The van der Waals surface area contributed by atoms with Gasteiger partial charge in [0.2, 0.25) is 23.6 Å². The summed E-state index contributed by atoms with van der Waals surface area (Å²) >= 11 is 1.43. The number of nitrogens with zero attached hydrogens (tertiary/aromatic N) is 1. The van der Waals surface area contributed by atoms with Gasteiger partial charge in [-0.2, -0.15) is 11.8 Å². The quantitative estimate of drug-likeness (QED) is 0.100. The van der Waals surface area contributed by atoms with Crippen LogP contribution in [0.15, 0.2) is 43.0 Å². The van der Waals surface area contributed by atoms with Crippen molar-refractivity contribution in [1.82, 2.24) is 30.9 Å². The van der Waals surface area contributed by atoms with E-state index in [2.05, 4.69) is 30.9 Å². The lowest BCUT2D eigenvalue weighted by Gasteiger charge is -2.25.